The molecule has 1 unspecified atom stereocenters. The molecule has 2 nitrogen and oxygen atoms in total. The molecule has 1 fully saturated rings. The van der Waals surface area contributed by atoms with Crippen molar-refractivity contribution in [3.8, 4) is 0 Å². The van der Waals surface area contributed by atoms with E-state index in [1.165, 1.54) is 35.6 Å². The van der Waals surface area contributed by atoms with Gasteiger partial charge in [0.15, 0.2) is 0 Å². The maximum absolute atomic E-state index is 9.53. The van der Waals surface area contributed by atoms with Gasteiger partial charge in [-0.1, -0.05) is 26.7 Å². The van der Waals surface area contributed by atoms with Gasteiger partial charge >= 0.3 is 0 Å². The standard InChI is InChI=1S/C14H23NOS/c1-9(2)12(8-16)13-10(3)15-14(17-13)11-6-4-5-7-11/h9,11-12,16H,4-8H2,1-3H3. The maximum atomic E-state index is 9.53. The zero-order valence-electron chi connectivity index (χ0n) is 11.1. The highest BCUT2D eigenvalue weighted by Gasteiger charge is 2.25. The van der Waals surface area contributed by atoms with Gasteiger partial charge in [-0.3, -0.25) is 0 Å². The van der Waals surface area contributed by atoms with Gasteiger partial charge < -0.3 is 5.11 Å². The third kappa shape index (κ3) is 2.71. The van der Waals surface area contributed by atoms with Gasteiger partial charge in [0.2, 0.25) is 0 Å². The largest absolute Gasteiger partial charge is 0.396 e. The fourth-order valence-electron chi connectivity index (χ4n) is 2.72. The Bertz CT molecular complexity index is 366. The van der Waals surface area contributed by atoms with Crippen LogP contribution in [0.5, 0.6) is 0 Å². The van der Waals surface area contributed by atoms with Crippen molar-refractivity contribution in [2.24, 2.45) is 5.92 Å². The Balaban J connectivity index is 2.22. The predicted octanol–water partition coefficient (Wildman–Crippen LogP) is 3.84. The number of nitrogens with zero attached hydrogens (tertiary/aromatic N) is 1. The van der Waals surface area contributed by atoms with Crippen molar-refractivity contribution in [2.45, 2.75) is 58.3 Å². The van der Waals surface area contributed by atoms with Crippen LogP contribution in [0.2, 0.25) is 0 Å². The van der Waals surface area contributed by atoms with Gasteiger partial charge in [0.05, 0.1) is 17.3 Å². The molecule has 1 heterocycles. The van der Waals surface area contributed by atoms with Gasteiger partial charge in [-0.05, 0) is 25.7 Å². The summed E-state index contributed by atoms with van der Waals surface area (Å²) in [5.41, 5.74) is 1.14. The molecule has 1 aromatic rings. The van der Waals surface area contributed by atoms with Crippen LogP contribution in [0.3, 0.4) is 0 Å². The average molecular weight is 253 g/mol. The van der Waals surface area contributed by atoms with Crippen LogP contribution in [0.15, 0.2) is 0 Å². The Labute approximate surface area is 108 Å². The highest BCUT2D eigenvalue weighted by Crippen LogP contribution is 2.40. The molecule has 0 bridgehead atoms. The number of aliphatic hydroxyl groups is 1. The van der Waals surface area contributed by atoms with Crippen molar-refractivity contribution in [3.63, 3.8) is 0 Å². The SMILES string of the molecule is Cc1nc(C2CCCC2)sc1C(CO)C(C)C. The van der Waals surface area contributed by atoms with Crippen molar-refractivity contribution in [1.82, 2.24) is 4.98 Å². The minimum absolute atomic E-state index is 0.241. The molecule has 0 radical (unpaired) electrons. The summed E-state index contributed by atoms with van der Waals surface area (Å²) in [5, 5.41) is 10.8. The third-order valence-electron chi connectivity index (χ3n) is 3.89. The Morgan fingerprint density at radius 3 is 2.53 bits per heavy atom. The number of hydrogen-bond donors (Lipinski definition) is 1. The van der Waals surface area contributed by atoms with Crippen LogP contribution in [0.25, 0.3) is 0 Å². The molecule has 0 saturated heterocycles. The molecule has 0 aromatic carbocycles. The van der Waals surface area contributed by atoms with Gasteiger partial charge in [0.1, 0.15) is 0 Å². The highest BCUT2D eigenvalue weighted by molar-refractivity contribution is 7.12. The second kappa shape index (κ2) is 5.49. The number of aromatic nitrogens is 1. The molecule has 1 saturated carbocycles. The molecule has 17 heavy (non-hydrogen) atoms. The average Bonchev–Trinajstić information content (AvgIpc) is 2.89. The van der Waals surface area contributed by atoms with Crippen molar-refractivity contribution in [2.75, 3.05) is 6.61 Å². The minimum atomic E-state index is 0.241. The topological polar surface area (TPSA) is 33.1 Å². The minimum Gasteiger partial charge on any atom is -0.396 e. The normalized spacial score (nSPS) is 19.1. The number of rotatable bonds is 4. The molecule has 1 atom stereocenters. The zero-order valence-corrected chi connectivity index (χ0v) is 11.9. The lowest BCUT2D eigenvalue weighted by molar-refractivity contribution is 0.239. The van der Waals surface area contributed by atoms with E-state index >= 15 is 0 Å². The lowest BCUT2D eigenvalue weighted by Crippen LogP contribution is -2.10. The quantitative estimate of drug-likeness (QED) is 0.884. The zero-order chi connectivity index (χ0) is 12.4. The monoisotopic (exact) mass is 253 g/mol. The smallest absolute Gasteiger partial charge is 0.0962 e. The number of thiazole rings is 1. The summed E-state index contributed by atoms with van der Waals surface area (Å²) in [5.74, 6) is 1.44. The van der Waals surface area contributed by atoms with Gasteiger partial charge in [-0.2, -0.15) is 0 Å². The van der Waals surface area contributed by atoms with E-state index in [2.05, 4.69) is 20.8 Å². The molecule has 0 amide bonds. The van der Waals surface area contributed by atoms with Gasteiger partial charge in [-0.15, -0.1) is 11.3 Å². The molecular formula is C14H23NOS. The molecule has 1 aromatic heterocycles. The van der Waals surface area contributed by atoms with Crippen molar-refractivity contribution < 1.29 is 5.11 Å². The van der Waals surface area contributed by atoms with Crippen LogP contribution < -0.4 is 0 Å². The van der Waals surface area contributed by atoms with Gasteiger partial charge in [0, 0.05) is 16.7 Å². The van der Waals surface area contributed by atoms with E-state index in [-0.39, 0.29) is 12.5 Å². The second-order valence-corrected chi connectivity index (χ2v) is 6.58. The lowest BCUT2D eigenvalue weighted by Gasteiger charge is -2.16. The summed E-state index contributed by atoms with van der Waals surface area (Å²) in [6.07, 6.45) is 5.31. The Hall–Kier alpha value is -0.410. The van der Waals surface area contributed by atoms with E-state index in [1.807, 2.05) is 11.3 Å². The number of aliphatic hydroxyl groups excluding tert-OH is 1. The van der Waals surface area contributed by atoms with Crippen LogP contribution in [0, 0.1) is 12.8 Å². The van der Waals surface area contributed by atoms with E-state index in [0.29, 0.717) is 11.8 Å². The van der Waals surface area contributed by atoms with Crippen LogP contribution in [-0.4, -0.2) is 16.7 Å². The summed E-state index contributed by atoms with van der Waals surface area (Å²) in [6, 6.07) is 0. The molecular weight excluding hydrogens is 230 g/mol. The fraction of sp³-hybridized carbons (Fsp3) is 0.786. The number of hydrogen-bond acceptors (Lipinski definition) is 3. The van der Waals surface area contributed by atoms with Crippen molar-refractivity contribution in [1.29, 1.82) is 0 Å². The summed E-state index contributed by atoms with van der Waals surface area (Å²) >= 11 is 1.85. The Morgan fingerprint density at radius 2 is 2.00 bits per heavy atom. The second-order valence-electron chi connectivity index (χ2n) is 5.52. The summed E-state index contributed by atoms with van der Waals surface area (Å²) < 4.78 is 0. The number of aryl methyl sites for hydroxylation is 1. The first-order valence-corrected chi connectivity index (χ1v) is 7.53. The first kappa shape index (κ1) is 13.0. The van der Waals surface area contributed by atoms with E-state index in [9.17, 15) is 5.11 Å². The first-order chi connectivity index (χ1) is 8.13. The molecule has 96 valence electrons. The van der Waals surface area contributed by atoms with Crippen LogP contribution in [0.1, 0.15) is 66.9 Å². The molecule has 0 aliphatic heterocycles. The lowest BCUT2D eigenvalue weighted by atomic mass is 9.94. The summed E-state index contributed by atoms with van der Waals surface area (Å²) in [6.45, 7) is 6.69. The summed E-state index contributed by atoms with van der Waals surface area (Å²) in [7, 11) is 0. The fourth-order valence-corrected chi connectivity index (χ4v) is 4.22. The van der Waals surface area contributed by atoms with Crippen molar-refractivity contribution in [3.05, 3.63) is 15.6 Å². The molecule has 1 aliphatic rings. The van der Waals surface area contributed by atoms with Crippen LogP contribution >= 0.6 is 11.3 Å². The van der Waals surface area contributed by atoms with E-state index in [0.717, 1.165) is 5.69 Å². The first-order valence-electron chi connectivity index (χ1n) is 6.71. The third-order valence-corrected chi connectivity index (χ3v) is 5.34. The maximum Gasteiger partial charge on any atom is 0.0962 e. The van der Waals surface area contributed by atoms with Gasteiger partial charge in [0.25, 0.3) is 0 Å². The molecule has 1 aliphatic carbocycles. The highest BCUT2D eigenvalue weighted by atomic mass is 32.1. The Morgan fingerprint density at radius 1 is 1.35 bits per heavy atom. The van der Waals surface area contributed by atoms with Crippen molar-refractivity contribution >= 4 is 11.3 Å². The summed E-state index contributed by atoms with van der Waals surface area (Å²) in [4.78, 5) is 6.06. The Kier molecular flexibility index (Phi) is 4.21. The van der Waals surface area contributed by atoms with Gasteiger partial charge in [-0.25, -0.2) is 4.98 Å². The molecule has 0 spiro atoms. The molecule has 3 heteroatoms. The van der Waals surface area contributed by atoms with E-state index < -0.39 is 0 Å². The predicted molar refractivity (Wildman–Crippen MR) is 72.7 cm³/mol. The molecule has 1 N–H and O–H groups in total. The molecule has 2 rings (SSSR count). The van der Waals surface area contributed by atoms with Crippen LogP contribution in [-0.2, 0) is 0 Å². The van der Waals surface area contributed by atoms with E-state index in [4.69, 9.17) is 4.98 Å². The van der Waals surface area contributed by atoms with Crippen LogP contribution in [0.4, 0.5) is 0 Å². The van der Waals surface area contributed by atoms with E-state index in [1.54, 1.807) is 0 Å².